The molecule has 0 aliphatic rings. The molecule has 0 aromatic heterocycles. The maximum atomic E-state index is 6.07. The van der Waals surface area contributed by atoms with Gasteiger partial charge in [-0.25, -0.2) is 0 Å². The van der Waals surface area contributed by atoms with E-state index in [2.05, 4.69) is 24.8 Å². The number of nitrogens with zero attached hydrogens (tertiary/aromatic N) is 1. The number of hydrogen-bond acceptors (Lipinski definition) is 1. The number of benzene rings is 1. The molecule has 1 aromatic carbocycles. The summed E-state index contributed by atoms with van der Waals surface area (Å²) in [6.45, 7) is 5.09. The normalized spacial score (nSPS) is 9.71. The van der Waals surface area contributed by atoms with Gasteiger partial charge in [-0.1, -0.05) is 35.4 Å². The summed E-state index contributed by atoms with van der Waals surface area (Å²) in [5, 5.41) is 0.803. The number of anilines is 1. The van der Waals surface area contributed by atoms with Gasteiger partial charge >= 0.3 is 0 Å². The van der Waals surface area contributed by atoms with Crippen LogP contribution in [-0.2, 0) is 0 Å². The largest absolute Gasteiger partial charge is 0.370 e. The second kappa shape index (κ2) is 5.06. The van der Waals surface area contributed by atoms with E-state index in [0.717, 1.165) is 17.3 Å². The Kier molecular flexibility index (Phi) is 4.02. The van der Waals surface area contributed by atoms with Gasteiger partial charge < -0.3 is 4.90 Å². The van der Waals surface area contributed by atoms with Crippen LogP contribution in [0.25, 0.3) is 0 Å². The van der Waals surface area contributed by atoms with E-state index >= 15 is 0 Å². The van der Waals surface area contributed by atoms with Crippen molar-refractivity contribution in [2.75, 3.05) is 18.5 Å². The molecule has 1 nitrogen and oxygen atoms in total. The van der Waals surface area contributed by atoms with Crippen molar-refractivity contribution >= 4 is 17.3 Å². The first-order chi connectivity index (χ1) is 6.61. The molecule has 0 bridgehead atoms. The molecule has 0 aliphatic carbocycles. The molecule has 0 N–H and O–H groups in total. The molecule has 1 rings (SSSR count). The molecule has 0 heterocycles. The lowest BCUT2D eigenvalue weighted by atomic mass is 10.2. The lowest BCUT2D eigenvalue weighted by molar-refractivity contribution is 1.02. The van der Waals surface area contributed by atoms with Crippen LogP contribution in [0, 0.1) is 0 Å². The standard InChI is InChI=1S/C12H16ClN/c1-10(2)8-9-14(3)12-7-5-4-6-11(12)13/h4-8H,9H2,1-3H3. The van der Waals surface area contributed by atoms with Gasteiger partial charge in [-0.2, -0.15) is 0 Å². The molecule has 0 radical (unpaired) electrons. The van der Waals surface area contributed by atoms with Crippen LogP contribution in [0.1, 0.15) is 13.8 Å². The number of halogens is 1. The SMILES string of the molecule is CC(C)=CCN(C)c1ccccc1Cl. The van der Waals surface area contributed by atoms with Crippen molar-refractivity contribution < 1.29 is 0 Å². The minimum absolute atomic E-state index is 0.803. The maximum Gasteiger partial charge on any atom is 0.0639 e. The van der Waals surface area contributed by atoms with Gasteiger partial charge in [0.2, 0.25) is 0 Å². The summed E-state index contributed by atoms with van der Waals surface area (Å²) in [5.74, 6) is 0. The highest BCUT2D eigenvalue weighted by Gasteiger charge is 2.02. The fraction of sp³-hybridized carbons (Fsp3) is 0.333. The predicted octanol–water partition coefficient (Wildman–Crippen LogP) is 3.74. The van der Waals surface area contributed by atoms with Gasteiger partial charge in [-0.3, -0.25) is 0 Å². The van der Waals surface area contributed by atoms with Gasteiger partial charge in [0.05, 0.1) is 10.7 Å². The lowest BCUT2D eigenvalue weighted by Crippen LogP contribution is -2.17. The van der Waals surface area contributed by atoms with Crippen LogP contribution in [0.2, 0.25) is 5.02 Å². The molecule has 0 atom stereocenters. The Labute approximate surface area is 91.0 Å². The third-order valence-corrected chi connectivity index (χ3v) is 2.36. The Morgan fingerprint density at radius 3 is 2.57 bits per heavy atom. The molecule has 14 heavy (non-hydrogen) atoms. The summed E-state index contributed by atoms with van der Waals surface area (Å²) >= 11 is 6.07. The topological polar surface area (TPSA) is 3.24 Å². The van der Waals surface area contributed by atoms with E-state index in [4.69, 9.17) is 11.6 Å². The molecule has 0 aliphatic heterocycles. The zero-order valence-corrected chi connectivity index (χ0v) is 9.67. The van der Waals surface area contributed by atoms with Crippen LogP contribution < -0.4 is 4.90 Å². The highest BCUT2D eigenvalue weighted by Crippen LogP contribution is 2.23. The van der Waals surface area contributed by atoms with E-state index in [1.54, 1.807) is 0 Å². The molecule has 0 saturated carbocycles. The van der Waals surface area contributed by atoms with Crippen LogP contribution >= 0.6 is 11.6 Å². The van der Waals surface area contributed by atoms with E-state index in [1.165, 1.54) is 5.57 Å². The highest BCUT2D eigenvalue weighted by molar-refractivity contribution is 6.33. The first kappa shape index (κ1) is 11.1. The van der Waals surface area contributed by atoms with Crippen molar-refractivity contribution in [2.24, 2.45) is 0 Å². The minimum atomic E-state index is 0.803. The van der Waals surface area contributed by atoms with Crippen molar-refractivity contribution in [1.29, 1.82) is 0 Å². The Bertz CT molecular complexity index is 327. The molecule has 1 aromatic rings. The first-order valence-corrected chi connectivity index (χ1v) is 5.08. The fourth-order valence-electron chi connectivity index (χ4n) is 1.18. The molecule has 0 unspecified atom stereocenters. The quantitative estimate of drug-likeness (QED) is 0.686. The number of para-hydroxylation sites is 1. The van der Waals surface area contributed by atoms with Crippen molar-refractivity contribution in [2.45, 2.75) is 13.8 Å². The summed E-state index contributed by atoms with van der Waals surface area (Å²) in [7, 11) is 2.04. The van der Waals surface area contributed by atoms with Gasteiger partial charge in [-0.15, -0.1) is 0 Å². The fourth-order valence-corrected chi connectivity index (χ4v) is 1.46. The van der Waals surface area contributed by atoms with E-state index < -0.39 is 0 Å². The predicted molar refractivity (Wildman–Crippen MR) is 64.2 cm³/mol. The van der Waals surface area contributed by atoms with Crippen LogP contribution in [0.5, 0.6) is 0 Å². The maximum absolute atomic E-state index is 6.07. The summed E-state index contributed by atoms with van der Waals surface area (Å²) in [6, 6.07) is 7.89. The highest BCUT2D eigenvalue weighted by atomic mass is 35.5. The smallest absolute Gasteiger partial charge is 0.0639 e. The summed E-state index contributed by atoms with van der Waals surface area (Å²) in [4.78, 5) is 2.13. The Balaban J connectivity index is 2.74. The molecule has 0 fully saturated rings. The van der Waals surface area contributed by atoms with E-state index in [9.17, 15) is 0 Å². The molecular formula is C12H16ClN. The van der Waals surface area contributed by atoms with Gasteiger partial charge in [0.1, 0.15) is 0 Å². The molecule has 0 amide bonds. The molecule has 0 spiro atoms. The second-order valence-corrected chi connectivity index (χ2v) is 4.02. The molecule has 2 heteroatoms. The number of hydrogen-bond donors (Lipinski definition) is 0. The van der Waals surface area contributed by atoms with E-state index in [0.29, 0.717) is 0 Å². The van der Waals surface area contributed by atoms with Gasteiger partial charge in [0.15, 0.2) is 0 Å². The summed E-state index contributed by atoms with van der Waals surface area (Å²) in [6.07, 6.45) is 2.18. The Morgan fingerprint density at radius 2 is 2.00 bits per heavy atom. The number of allylic oxidation sites excluding steroid dienone is 1. The molecule has 0 saturated heterocycles. The van der Waals surface area contributed by atoms with Crippen LogP contribution in [-0.4, -0.2) is 13.6 Å². The zero-order chi connectivity index (χ0) is 10.6. The number of rotatable bonds is 3. The molecular weight excluding hydrogens is 194 g/mol. The first-order valence-electron chi connectivity index (χ1n) is 4.70. The van der Waals surface area contributed by atoms with Gasteiger partial charge in [-0.05, 0) is 26.0 Å². The van der Waals surface area contributed by atoms with Crippen molar-refractivity contribution in [1.82, 2.24) is 0 Å². The lowest BCUT2D eigenvalue weighted by Gasteiger charge is -2.18. The Hall–Kier alpha value is -0.950. The monoisotopic (exact) mass is 209 g/mol. The van der Waals surface area contributed by atoms with E-state index in [1.807, 2.05) is 31.3 Å². The summed E-state index contributed by atoms with van der Waals surface area (Å²) < 4.78 is 0. The van der Waals surface area contributed by atoms with Crippen LogP contribution in [0.15, 0.2) is 35.9 Å². The Morgan fingerprint density at radius 1 is 1.36 bits per heavy atom. The van der Waals surface area contributed by atoms with E-state index in [-0.39, 0.29) is 0 Å². The number of likely N-dealkylation sites (N-methyl/N-ethyl adjacent to an activating group) is 1. The zero-order valence-electron chi connectivity index (χ0n) is 8.92. The third-order valence-electron chi connectivity index (χ3n) is 2.04. The van der Waals surface area contributed by atoms with Gasteiger partial charge in [0, 0.05) is 13.6 Å². The van der Waals surface area contributed by atoms with Gasteiger partial charge in [0.25, 0.3) is 0 Å². The average molecular weight is 210 g/mol. The molecule has 76 valence electrons. The van der Waals surface area contributed by atoms with Crippen LogP contribution in [0.4, 0.5) is 5.69 Å². The average Bonchev–Trinajstić information content (AvgIpc) is 2.15. The van der Waals surface area contributed by atoms with Crippen molar-refractivity contribution in [3.63, 3.8) is 0 Å². The third kappa shape index (κ3) is 3.08. The van der Waals surface area contributed by atoms with Crippen LogP contribution in [0.3, 0.4) is 0 Å². The van der Waals surface area contributed by atoms with Crippen molar-refractivity contribution in [3.05, 3.63) is 40.9 Å². The second-order valence-electron chi connectivity index (χ2n) is 3.61. The minimum Gasteiger partial charge on any atom is -0.370 e. The summed E-state index contributed by atoms with van der Waals surface area (Å²) in [5.41, 5.74) is 2.40. The van der Waals surface area contributed by atoms with Crippen molar-refractivity contribution in [3.8, 4) is 0 Å².